The topological polar surface area (TPSA) is 115 Å². The lowest BCUT2D eigenvalue weighted by molar-refractivity contribution is -0.135. The number of unbranched alkanes of at least 4 members (excludes halogenated alkanes) is 1. The predicted octanol–water partition coefficient (Wildman–Crippen LogP) is 4.24. The molecule has 43 heavy (non-hydrogen) atoms. The van der Waals surface area contributed by atoms with Gasteiger partial charge in [0.2, 0.25) is 23.7 Å². The molecule has 2 heterocycles. The summed E-state index contributed by atoms with van der Waals surface area (Å²) in [6, 6.07) is 8.06. The highest BCUT2D eigenvalue weighted by molar-refractivity contribution is 5.92. The van der Waals surface area contributed by atoms with Gasteiger partial charge in [-0.15, -0.1) is 0 Å². The summed E-state index contributed by atoms with van der Waals surface area (Å²) in [6.07, 6.45) is 7.62. The summed E-state index contributed by atoms with van der Waals surface area (Å²) in [5.41, 5.74) is 1.44. The number of nitrogens with zero attached hydrogens (tertiary/aromatic N) is 5. The molecule has 0 aliphatic carbocycles. The van der Waals surface area contributed by atoms with Crippen LogP contribution in [-0.2, 0) is 9.59 Å². The third-order valence-electron chi connectivity index (χ3n) is 6.10. The molecule has 1 atom stereocenters. The third-order valence-corrected chi connectivity index (χ3v) is 6.10. The molecular weight excluding hydrogens is 554 g/mol. The molecule has 3 aromatic rings. The van der Waals surface area contributed by atoms with Crippen LogP contribution < -0.4 is 16.0 Å². The zero-order chi connectivity index (χ0) is 31.2. The zero-order valence-corrected chi connectivity index (χ0v) is 24.7. The van der Waals surface area contributed by atoms with E-state index >= 15 is 0 Å². The maximum absolute atomic E-state index is 13.8. The molecule has 3 N–H and O–H groups in total. The molecule has 0 saturated carbocycles. The minimum absolute atomic E-state index is 0.211. The van der Waals surface area contributed by atoms with Gasteiger partial charge in [0.25, 0.3) is 0 Å². The second-order valence-electron chi connectivity index (χ2n) is 9.82. The fourth-order valence-electron chi connectivity index (χ4n) is 3.85. The van der Waals surface area contributed by atoms with E-state index in [2.05, 4.69) is 42.7 Å². The van der Waals surface area contributed by atoms with Gasteiger partial charge in [-0.05, 0) is 57.3 Å². The van der Waals surface area contributed by atoms with Crippen LogP contribution in [0.1, 0.15) is 31.7 Å². The summed E-state index contributed by atoms with van der Waals surface area (Å²) < 4.78 is 26.9. The Morgan fingerprint density at radius 2 is 1.86 bits per heavy atom. The molecule has 3 rings (SSSR count). The predicted molar refractivity (Wildman–Crippen MR) is 163 cm³/mol. The molecule has 226 valence electrons. The quantitative estimate of drug-likeness (QED) is 0.117. The van der Waals surface area contributed by atoms with Gasteiger partial charge in [-0.2, -0.15) is 9.37 Å². The van der Waals surface area contributed by atoms with Gasteiger partial charge in [0, 0.05) is 38.3 Å². The van der Waals surface area contributed by atoms with Gasteiger partial charge in [0.1, 0.15) is 11.9 Å². The fraction of sp³-hybridized carbons (Fsp3) is 0.323. The third kappa shape index (κ3) is 10.8. The molecule has 1 aromatic carbocycles. The van der Waals surface area contributed by atoms with E-state index in [1.165, 1.54) is 47.6 Å². The molecular formula is C31H36F2N8O2. The fourth-order valence-corrected chi connectivity index (χ4v) is 3.85. The number of hydrogen-bond acceptors (Lipinski definition) is 8. The first kappa shape index (κ1) is 32.6. The second-order valence-corrected chi connectivity index (χ2v) is 9.82. The van der Waals surface area contributed by atoms with Gasteiger partial charge in [0.05, 0.1) is 23.6 Å². The number of anilines is 4. The van der Waals surface area contributed by atoms with Crippen LogP contribution in [0.25, 0.3) is 0 Å². The summed E-state index contributed by atoms with van der Waals surface area (Å²) in [5.74, 6) is 5.18. The lowest BCUT2D eigenvalue weighted by Gasteiger charge is -2.25. The summed E-state index contributed by atoms with van der Waals surface area (Å²) in [4.78, 5) is 40.9. The van der Waals surface area contributed by atoms with Crippen LogP contribution in [0.4, 0.5) is 31.9 Å². The lowest BCUT2D eigenvalue weighted by atomic mass is 10.1. The maximum atomic E-state index is 13.8. The molecule has 2 amide bonds. The van der Waals surface area contributed by atoms with Gasteiger partial charge >= 0.3 is 0 Å². The Balaban J connectivity index is 1.61. The highest BCUT2D eigenvalue weighted by Crippen LogP contribution is 2.21. The number of carbonyl (C=O) groups excluding carboxylic acids is 2. The first-order valence-corrected chi connectivity index (χ1v) is 13.8. The van der Waals surface area contributed by atoms with Crippen LogP contribution in [0.3, 0.4) is 0 Å². The normalized spacial score (nSPS) is 11.5. The van der Waals surface area contributed by atoms with Gasteiger partial charge in [-0.3, -0.25) is 9.59 Å². The number of likely N-dealkylation sites (N-methyl/N-ethyl adjacent to an activating group) is 2. The van der Waals surface area contributed by atoms with Crippen molar-refractivity contribution in [2.24, 2.45) is 0 Å². The zero-order valence-electron chi connectivity index (χ0n) is 24.7. The molecule has 0 radical (unpaired) electrons. The Morgan fingerprint density at radius 1 is 1.05 bits per heavy atom. The number of benzene rings is 1. The highest BCUT2D eigenvalue weighted by Gasteiger charge is 2.23. The van der Waals surface area contributed by atoms with E-state index in [4.69, 9.17) is 0 Å². The number of halogens is 2. The van der Waals surface area contributed by atoms with Gasteiger partial charge in [0.15, 0.2) is 5.82 Å². The molecule has 0 aliphatic rings. The standard InChI is InChI=1S/C31H36F2N8O2/c1-5-26(41(4)28(42)14-10-18-40(2)3)30(43)34-17-8-6-7-11-22-20-36-31(38-25-15-16-27(33)35-21-25)39-29(22)37-24-13-9-12-23(32)19-24/h9-10,12-16,19-21,26H,5-6,8,17-18H2,1-4H3,(H,34,43)(H2,36,37,38,39)/b14-10+/t26-/m0/s1. The van der Waals surface area contributed by atoms with Crippen molar-refractivity contribution in [3.63, 3.8) is 0 Å². The Bertz CT molecular complexity index is 1470. The number of amides is 2. The summed E-state index contributed by atoms with van der Waals surface area (Å²) >= 11 is 0. The van der Waals surface area contributed by atoms with Crippen molar-refractivity contribution in [1.82, 2.24) is 30.1 Å². The molecule has 0 bridgehead atoms. The number of rotatable bonds is 13. The summed E-state index contributed by atoms with van der Waals surface area (Å²) in [6.45, 7) is 2.88. The van der Waals surface area contributed by atoms with Gasteiger partial charge in [-0.1, -0.05) is 30.9 Å². The first-order valence-electron chi connectivity index (χ1n) is 13.8. The number of hydrogen-bond donors (Lipinski definition) is 3. The molecule has 10 nitrogen and oxygen atoms in total. The molecule has 2 aromatic heterocycles. The molecule has 12 heteroatoms. The second kappa shape index (κ2) is 16.5. The Labute approximate surface area is 250 Å². The van der Waals surface area contributed by atoms with Crippen molar-refractivity contribution in [3.05, 3.63) is 78.3 Å². The minimum Gasteiger partial charge on any atom is -0.354 e. The van der Waals surface area contributed by atoms with Crippen molar-refractivity contribution < 1.29 is 18.4 Å². The van der Waals surface area contributed by atoms with Gasteiger partial charge in [-0.25, -0.2) is 14.4 Å². The molecule has 0 spiro atoms. The SMILES string of the molecule is CC[C@@H](C(=O)NCCCC#Cc1cnc(Nc2ccc(F)nc2)nc1Nc1cccc(F)c1)N(C)C(=O)/C=C/CN(C)C. The van der Waals surface area contributed by atoms with Crippen LogP contribution in [0.2, 0.25) is 0 Å². The summed E-state index contributed by atoms with van der Waals surface area (Å²) in [7, 11) is 5.44. The number of aromatic nitrogens is 3. The Morgan fingerprint density at radius 3 is 2.56 bits per heavy atom. The minimum atomic E-state index is -0.610. The smallest absolute Gasteiger partial charge is 0.246 e. The Hall–Kier alpha value is -4.89. The number of nitrogens with one attached hydrogen (secondary N) is 3. The molecule has 0 aliphatic heterocycles. The number of pyridine rings is 1. The highest BCUT2D eigenvalue weighted by atomic mass is 19.1. The average Bonchev–Trinajstić information content (AvgIpc) is 2.97. The van der Waals surface area contributed by atoms with Crippen molar-refractivity contribution in [3.8, 4) is 11.8 Å². The van der Waals surface area contributed by atoms with E-state index in [0.717, 1.165) is 0 Å². The van der Waals surface area contributed by atoms with E-state index in [1.54, 1.807) is 25.3 Å². The van der Waals surface area contributed by atoms with Gasteiger partial charge < -0.3 is 25.8 Å². The van der Waals surface area contributed by atoms with Crippen molar-refractivity contribution in [1.29, 1.82) is 0 Å². The van der Waals surface area contributed by atoms with E-state index in [1.807, 2.05) is 25.9 Å². The van der Waals surface area contributed by atoms with Crippen LogP contribution in [0, 0.1) is 23.6 Å². The molecule has 0 saturated heterocycles. The van der Waals surface area contributed by atoms with Crippen LogP contribution in [0.15, 0.2) is 60.9 Å². The van der Waals surface area contributed by atoms with Crippen LogP contribution >= 0.6 is 0 Å². The Kier molecular flexibility index (Phi) is 12.5. The largest absolute Gasteiger partial charge is 0.354 e. The lowest BCUT2D eigenvalue weighted by Crippen LogP contribution is -2.47. The van der Waals surface area contributed by atoms with Crippen LogP contribution in [-0.4, -0.2) is 76.8 Å². The van der Waals surface area contributed by atoms with Crippen LogP contribution in [0.5, 0.6) is 0 Å². The average molecular weight is 591 g/mol. The maximum Gasteiger partial charge on any atom is 0.246 e. The van der Waals surface area contributed by atoms with E-state index in [-0.39, 0.29) is 17.8 Å². The summed E-state index contributed by atoms with van der Waals surface area (Å²) in [5, 5.41) is 8.90. The van der Waals surface area contributed by atoms with E-state index in [0.29, 0.717) is 55.1 Å². The van der Waals surface area contributed by atoms with E-state index < -0.39 is 17.8 Å². The molecule has 0 fully saturated rings. The van der Waals surface area contributed by atoms with Crippen molar-refractivity contribution >= 4 is 35.0 Å². The first-order chi connectivity index (χ1) is 20.7. The molecule has 0 unspecified atom stereocenters. The number of carbonyl (C=O) groups is 2. The monoisotopic (exact) mass is 590 g/mol. The van der Waals surface area contributed by atoms with Crippen molar-refractivity contribution in [2.45, 2.75) is 32.2 Å². The van der Waals surface area contributed by atoms with E-state index in [9.17, 15) is 18.4 Å². The van der Waals surface area contributed by atoms with Crippen molar-refractivity contribution in [2.75, 3.05) is 44.9 Å².